The van der Waals surface area contributed by atoms with Crippen molar-refractivity contribution >= 4 is 5.95 Å². The second-order valence-electron chi connectivity index (χ2n) is 4.74. The van der Waals surface area contributed by atoms with E-state index in [-0.39, 0.29) is 0 Å². The highest BCUT2D eigenvalue weighted by Crippen LogP contribution is 2.30. The van der Waals surface area contributed by atoms with Crippen molar-refractivity contribution in [2.24, 2.45) is 0 Å². The molecule has 0 bridgehead atoms. The first kappa shape index (κ1) is 12.8. The van der Waals surface area contributed by atoms with E-state index in [0.29, 0.717) is 18.2 Å². The highest BCUT2D eigenvalue weighted by Gasteiger charge is 2.15. The lowest BCUT2D eigenvalue weighted by atomic mass is 10.1. The van der Waals surface area contributed by atoms with Crippen LogP contribution in [0.4, 0.5) is 10.3 Å². The number of rotatable bonds is 4. The van der Waals surface area contributed by atoms with E-state index in [1.807, 2.05) is 18.2 Å². The van der Waals surface area contributed by atoms with Gasteiger partial charge >= 0.3 is 0 Å². The Balaban J connectivity index is 1.96. The van der Waals surface area contributed by atoms with Crippen LogP contribution < -0.4 is 10.1 Å². The van der Waals surface area contributed by atoms with Crippen LogP contribution in [0.2, 0.25) is 0 Å². The van der Waals surface area contributed by atoms with Gasteiger partial charge in [0.15, 0.2) is 5.82 Å². The fraction of sp³-hybridized carbons (Fsp3) is 0.333. The maximum absolute atomic E-state index is 13.9. The van der Waals surface area contributed by atoms with Crippen LogP contribution in [0.15, 0.2) is 24.4 Å². The number of benzene rings is 1. The summed E-state index contributed by atoms with van der Waals surface area (Å²) in [6, 6.07) is 5.65. The molecule has 2 heterocycles. The average molecular weight is 273 g/mol. The van der Waals surface area contributed by atoms with Crippen molar-refractivity contribution < 1.29 is 9.13 Å². The van der Waals surface area contributed by atoms with Gasteiger partial charge < -0.3 is 10.1 Å². The van der Waals surface area contributed by atoms with Crippen molar-refractivity contribution in [1.82, 2.24) is 9.97 Å². The normalized spacial score (nSPS) is 12.9. The number of ether oxygens (including phenoxy) is 1. The van der Waals surface area contributed by atoms with E-state index in [0.717, 1.165) is 36.3 Å². The molecule has 1 N–H and O–H groups in total. The Kier molecular flexibility index (Phi) is 3.50. The molecule has 0 saturated carbocycles. The second-order valence-corrected chi connectivity index (χ2v) is 4.74. The minimum atomic E-state index is -0.411. The molecule has 1 aromatic heterocycles. The molecule has 0 radical (unpaired) electrons. The quantitative estimate of drug-likeness (QED) is 0.930. The molecule has 0 unspecified atom stereocenters. The van der Waals surface area contributed by atoms with E-state index in [9.17, 15) is 4.39 Å². The molecule has 0 saturated heterocycles. The summed E-state index contributed by atoms with van der Waals surface area (Å²) in [4.78, 5) is 8.22. The first-order chi connectivity index (χ1) is 9.78. The SMILES string of the molecule is CCCNc1ncc(F)c(-c2ccc3c(c2)CCO3)n1. The van der Waals surface area contributed by atoms with Gasteiger partial charge in [-0.3, -0.25) is 0 Å². The molecule has 2 aromatic rings. The van der Waals surface area contributed by atoms with Gasteiger partial charge in [0.2, 0.25) is 5.95 Å². The van der Waals surface area contributed by atoms with Gasteiger partial charge in [-0.15, -0.1) is 0 Å². The minimum absolute atomic E-state index is 0.327. The Hall–Kier alpha value is -2.17. The van der Waals surface area contributed by atoms with Crippen LogP contribution in [0.3, 0.4) is 0 Å². The number of fused-ring (bicyclic) bond motifs is 1. The smallest absolute Gasteiger partial charge is 0.223 e. The van der Waals surface area contributed by atoms with Gasteiger partial charge in [-0.25, -0.2) is 14.4 Å². The standard InChI is InChI=1S/C15H16FN3O/c1-2-6-17-15-18-9-12(16)14(19-15)11-3-4-13-10(8-11)5-7-20-13/h3-4,8-9H,2,5-7H2,1H3,(H,17,18,19). The van der Waals surface area contributed by atoms with Crippen LogP contribution in [0.25, 0.3) is 11.3 Å². The minimum Gasteiger partial charge on any atom is -0.493 e. The zero-order valence-corrected chi connectivity index (χ0v) is 11.3. The zero-order chi connectivity index (χ0) is 13.9. The summed E-state index contributed by atoms with van der Waals surface area (Å²) in [5, 5.41) is 3.07. The van der Waals surface area contributed by atoms with E-state index >= 15 is 0 Å². The topological polar surface area (TPSA) is 47.0 Å². The number of nitrogens with one attached hydrogen (secondary N) is 1. The predicted octanol–water partition coefficient (Wildman–Crippen LogP) is 3.04. The molecule has 1 aliphatic heterocycles. The molecule has 3 rings (SSSR count). The maximum Gasteiger partial charge on any atom is 0.223 e. The number of aromatic nitrogens is 2. The van der Waals surface area contributed by atoms with E-state index in [4.69, 9.17) is 4.74 Å². The molecule has 0 spiro atoms. The molecule has 104 valence electrons. The van der Waals surface area contributed by atoms with Gasteiger partial charge in [-0.2, -0.15) is 0 Å². The van der Waals surface area contributed by atoms with Gasteiger partial charge in [0, 0.05) is 18.5 Å². The van der Waals surface area contributed by atoms with E-state index < -0.39 is 5.82 Å². The van der Waals surface area contributed by atoms with Gasteiger partial charge in [-0.05, 0) is 30.2 Å². The molecule has 5 heteroatoms. The van der Waals surface area contributed by atoms with Crippen molar-refractivity contribution in [1.29, 1.82) is 0 Å². The molecule has 1 aliphatic rings. The van der Waals surface area contributed by atoms with Crippen LogP contribution in [-0.4, -0.2) is 23.1 Å². The summed E-state index contributed by atoms with van der Waals surface area (Å²) >= 11 is 0. The first-order valence-corrected chi connectivity index (χ1v) is 6.80. The predicted molar refractivity (Wildman–Crippen MR) is 75.4 cm³/mol. The molecule has 0 fully saturated rings. The summed E-state index contributed by atoms with van der Waals surface area (Å²) in [5.41, 5.74) is 2.19. The summed E-state index contributed by atoms with van der Waals surface area (Å²) < 4.78 is 19.4. The molecule has 4 nitrogen and oxygen atoms in total. The molecule has 0 amide bonds. The average Bonchev–Trinajstić information content (AvgIpc) is 2.93. The number of hydrogen-bond acceptors (Lipinski definition) is 4. The summed E-state index contributed by atoms with van der Waals surface area (Å²) in [7, 11) is 0. The lowest BCUT2D eigenvalue weighted by molar-refractivity contribution is 0.357. The third-order valence-electron chi connectivity index (χ3n) is 3.24. The Morgan fingerprint density at radius 2 is 2.30 bits per heavy atom. The van der Waals surface area contributed by atoms with Gasteiger partial charge in [0.25, 0.3) is 0 Å². The van der Waals surface area contributed by atoms with Crippen molar-refractivity contribution in [3.8, 4) is 17.0 Å². The zero-order valence-electron chi connectivity index (χ0n) is 11.3. The van der Waals surface area contributed by atoms with Crippen molar-refractivity contribution in [2.45, 2.75) is 19.8 Å². The Bertz CT molecular complexity index is 631. The van der Waals surface area contributed by atoms with Gasteiger partial charge in [-0.1, -0.05) is 6.92 Å². The molecular weight excluding hydrogens is 257 g/mol. The highest BCUT2D eigenvalue weighted by molar-refractivity contribution is 5.64. The Morgan fingerprint density at radius 3 is 3.15 bits per heavy atom. The highest BCUT2D eigenvalue weighted by atomic mass is 19.1. The molecule has 20 heavy (non-hydrogen) atoms. The molecule has 1 aromatic carbocycles. The number of anilines is 1. The Morgan fingerprint density at radius 1 is 1.40 bits per heavy atom. The van der Waals surface area contributed by atoms with Crippen LogP contribution in [-0.2, 0) is 6.42 Å². The molecule has 0 atom stereocenters. The number of nitrogens with zero attached hydrogens (tertiary/aromatic N) is 2. The largest absolute Gasteiger partial charge is 0.493 e. The summed E-state index contributed by atoms with van der Waals surface area (Å²) in [6.07, 6.45) is 3.03. The van der Waals surface area contributed by atoms with E-state index in [1.165, 1.54) is 6.20 Å². The Labute approximate surface area is 117 Å². The van der Waals surface area contributed by atoms with Crippen molar-refractivity contribution in [3.05, 3.63) is 35.8 Å². The third-order valence-corrected chi connectivity index (χ3v) is 3.24. The lowest BCUT2D eigenvalue weighted by Crippen LogP contribution is -2.05. The third kappa shape index (κ3) is 2.43. The van der Waals surface area contributed by atoms with Crippen molar-refractivity contribution in [3.63, 3.8) is 0 Å². The van der Waals surface area contributed by atoms with Crippen LogP contribution in [0.5, 0.6) is 5.75 Å². The van der Waals surface area contributed by atoms with Crippen LogP contribution in [0.1, 0.15) is 18.9 Å². The second kappa shape index (κ2) is 5.45. The molecule has 0 aliphatic carbocycles. The van der Waals surface area contributed by atoms with Crippen molar-refractivity contribution in [2.75, 3.05) is 18.5 Å². The van der Waals surface area contributed by atoms with Gasteiger partial charge in [0.05, 0.1) is 12.8 Å². The monoisotopic (exact) mass is 273 g/mol. The summed E-state index contributed by atoms with van der Waals surface area (Å²) in [6.45, 7) is 3.51. The summed E-state index contributed by atoms with van der Waals surface area (Å²) in [5.74, 6) is 0.929. The maximum atomic E-state index is 13.9. The first-order valence-electron chi connectivity index (χ1n) is 6.80. The van der Waals surface area contributed by atoms with E-state index in [2.05, 4.69) is 22.2 Å². The van der Waals surface area contributed by atoms with Crippen LogP contribution in [0, 0.1) is 5.82 Å². The van der Waals surface area contributed by atoms with E-state index in [1.54, 1.807) is 0 Å². The number of hydrogen-bond donors (Lipinski definition) is 1. The van der Waals surface area contributed by atoms with Crippen LogP contribution >= 0.6 is 0 Å². The van der Waals surface area contributed by atoms with Gasteiger partial charge in [0.1, 0.15) is 11.4 Å². The lowest BCUT2D eigenvalue weighted by Gasteiger charge is -2.08. The molecular formula is C15H16FN3O. The fourth-order valence-electron chi connectivity index (χ4n) is 2.23. The fourth-order valence-corrected chi connectivity index (χ4v) is 2.23. The number of halogens is 1.